The molecule has 1 aliphatic carbocycles. The van der Waals surface area contributed by atoms with Crippen molar-refractivity contribution in [2.75, 3.05) is 20.3 Å². The summed E-state index contributed by atoms with van der Waals surface area (Å²) in [5.41, 5.74) is 1.77. The first-order chi connectivity index (χ1) is 11.6. The molecule has 2 aromatic heterocycles. The van der Waals surface area contributed by atoms with E-state index in [1.165, 1.54) is 18.4 Å². The Morgan fingerprint density at radius 2 is 2.12 bits per heavy atom. The molecule has 4 rings (SSSR count). The van der Waals surface area contributed by atoms with E-state index in [1.54, 1.807) is 0 Å². The zero-order chi connectivity index (χ0) is 16.9. The van der Waals surface area contributed by atoms with Crippen LogP contribution in [0, 0.1) is 0 Å². The first-order valence-corrected chi connectivity index (χ1v) is 8.96. The standard InChI is InChI=1S/C17H19NO5S/c1-3-9-13(16(20)21-2)18-15-12(14(9)19)10-4-5-17(8-11(10)24-15)22-6-7-23-17/h3-8H2,1-2H3,(H,18,19). The molecule has 24 heavy (non-hydrogen) atoms. The van der Waals surface area contributed by atoms with Crippen LogP contribution in [0.15, 0.2) is 4.79 Å². The number of carbonyl (C=O) groups excluding carboxylic acids is 1. The highest BCUT2D eigenvalue weighted by atomic mass is 32.1. The molecule has 1 saturated heterocycles. The number of ether oxygens (including phenoxy) is 3. The molecule has 6 nitrogen and oxygen atoms in total. The van der Waals surface area contributed by atoms with Gasteiger partial charge < -0.3 is 19.2 Å². The summed E-state index contributed by atoms with van der Waals surface area (Å²) >= 11 is 1.51. The van der Waals surface area contributed by atoms with Gasteiger partial charge in [0, 0.05) is 23.3 Å². The van der Waals surface area contributed by atoms with Crippen molar-refractivity contribution in [1.29, 1.82) is 0 Å². The predicted octanol–water partition coefficient (Wildman–Crippen LogP) is 2.17. The topological polar surface area (TPSA) is 77.6 Å². The van der Waals surface area contributed by atoms with Crippen LogP contribution in [-0.4, -0.2) is 37.1 Å². The third-order valence-electron chi connectivity index (χ3n) is 4.87. The second-order valence-corrected chi connectivity index (χ2v) is 7.25. The number of carbonyl (C=O) groups is 1. The van der Waals surface area contributed by atoms with Gasteiger partial charge in [0.25, 0.3) is 0 Å². The fourth-order valence-electron chi connectivity index (χ4n) is 3.71. The molecule has 0 aromatic carbocycles. The van der Waals surface area contributed by atoms with E-state index >= 15 is 0 Å². The predicted molar refractivity (Wildman–Crippen MR) is 89.8 cm³/mol. The summed E-state index contributed by atoms with van der Waals surface area (Å²) in [7, 11) is 1.32. The van der Waals surface area contributed by atoms with E-state index in [1.807, 2.05) is 6.92 Å². The molecule has 7 heteroatoms. The lowest BCUT2D eigenvalue weighted by Crippen LogP contribution is -2.36. The molecular weight excluding hydrogens is 330 g/mol. The Bertz CT molecular complexity index is 875. The molecule has 0 bridgehead atoms. The van der Waals surface area contributed by atoms with Crippen LogP contribution in [0.3, 0.4) is 0 Å². The van der Waals surface area contributed by atoms with Crippen LogP contribution in [0.1, 0.15) is 39.8 Å². The van der Waals surface area contributed by atoms with Crippen LogP contribution >= 0.6 is 11.3 Å². The van der Waals surface area contributed by atoms with Gasteiger partial charge >= 0.3 is 5.97 Å². The van der Waals surface area contributed by atoms with Crippen LogP contribution in [0.4, 0.5) is 0 Å². The molecule has 0 unspecified atom stereocenters. The molecule has 0 saturated carbocycles. The third kappa shape index (κ3) is 2.22. The van der Waals surface area contributed by atoms with Crippen LogP contribution < -0.4 is 5.43 Å². The lowest BCUT2D eigenvalue weighted by Gasteiger charge is -2.31. The molecule has 1 N–H and O–H groups in total. The van der Waals surface area contributed by atoms with E-state index in [2.05, 4.69) is 4.98 Å². The van der Waals surface area contributed by atoms with Gasteiger partial charge in [-0.1, -0.05) is 6.92 Å². The van der Waals surface area contributed by atoms with E-state index in [-0.39, 0.29) is 11.1 Å². The number of esters is 1. The largest absolute Gasteiger partial charge is 0.464 e. The van der Waals surface area contributed by atoms with Crippen molar-refractivity contribution < 1.29 is 19.0 Å². The lowest BCUT2D eigenvalue weighted by atomic mass is 9.91. The van der Waals surface area contributed by atoms with E-state index in [4.69, 9.17) is 14.2 Å². The van der Waals surface area contributed by atoms with Gasteiger partial charge in [-0.05, 0) is 18.4 Å². The molecular formula is C17H19NO5S. The van der Waals surface area contributed by atoms with Crippen LogP contribution in [0.25, 0.3) is 10.2 Å². The van der Waals surface area contributed by atoms with Gasteiger partial charge in [0.15, 0.2) is 11.2 Å². The van der Waals surface area contributed by atoms with Gasteiger partial charge in [-0.3, -0.25) is 4.79 Å². The minimum atomic E-state index is -0.532. The molecule has 3 heterocycles. The molecule has 2 aliphatic rings. The van der Waals surface area contributed by atoms with Crippen molar-refractivity contribution in [2.45, 2.75) is 38.4 Å². The summed E-state index contributed by atoms with van der Waals surface area (Å²) in [5, 5.41) is 0.715. The van der Waals surface area contributed by atoms with Crippen molar-refractivity contribution in [3.8, 4) is 0 Å². The number of rotatable bonds is 2. The van der Waals surface area contributed by atoms with E-state index in [9.17, 15) is 9.59 Å². The summed E-state index contributed by atoms with van der Waals surface area (Å²) in [6.07, 6.45) is 2.64. The second-order valence-electron chi connectivity index (χ2n) is 6.15. The maximum Gasteiger partial charge on any atom is 0.354 e. The van der Waals surface area contributed by atoms with Gasteiger partial charge in [-0.2, -0.15) is 0 Å². The monoisotopic (exact) mass is 349 g/mol. The van der Waals surface area contributed by atoms with Crippen molar-refractivity contribution in [2.24, 2.45) is 0 Å². The Kier molecular flexibility index (Phi) is 3.74. The number of aromatic amines is 1. The van der Waals surface area contributed by atoms with Gasteiger partial charge in [0.05, 0.1) is 25.7 Å². The molecule has 0 atom stereocenters. The summed E-state index contributed by atoms with van der Waals surface area (Å²) in [6.45, 7) is 3.11. The van der Waals surface area contributed by atoms with Crippen LogP contribution in [0.2, 0.25) is 0 Å². The number of aryl methyl sites for hydroxylation is 1. The maximum atomic E-state index is 13.0. The van der Waals surface area contributed by atoms with Gasteiger partial charge in [0.1, 0.15) is 10.5 Å². The number of pyridine rings is 1. The SMILES string of the molecule is CCc1c(C(=O)OC)[nH]c2sc3c(c2c1=O)CCC1(C3)OCCO1. The third-order valence-corrected chi connectivity index (χ3v) is 6.02. The number of fused-ring (bicyclic) bond motifs is 3. The fourth-order valence-corrected chi connectivity index (χ4v) is 5.04. The van der Waals surface area contributed by atoms with Gasteiger partial charge in [0.2, 0.25) is 0 Å². The highest BCUT2D eigenvalue weighted by molar-refractivity contribution is 7.18. The number of aromatic nitrogens is 1. The van der Waals surface area contributed by atoms with Crippen molar-refractivity contribution in [3.63, 3.8) is 0 Å². The second kappa shape index (κ2) is 5.68. The Balaban J connectivity index is 1.90. The zero-order valence-electron chi connectivity index (χ0n) is 13.7. The number of hydrogen-bond donors (Lipinski definition) is 1. The number of H-pyrrole nitrogens is 1. The molecule has 1 aliphatic heterocycles. The maximum absolute atomic E-state index is 13.0. The Hall–Kier alpha value is -1.70. The zero-order valence-corrected chi connectivity index (χ0v) is 14.5. The lowest BCUT2D eigenvalue weighted by molar-refractivity contribution is -0.163. The van der Waals surface area contributed by atoms with Gasteiger partial charge in [-0.15, -0.1) is 11.3 Å². The van der Waals surface area contributed by atoms with E-state index in [0.717, 1.165) is 28.1 Å². The molecule has 0 radical (unpaired) electrons. The Labute approximate surface area is 142 Å². The van der Waals surface area contributed by atoms with Crippen molar-refractivity contribution in [3.05, 3.63) is 31.9 Å². The highest BCUT2D eigenvalue weighted by Gasteiger charge is 2.41. The Morgan fingerprint density at radius 1 is 1.38 bits per heavy atom. The fraction of sp³-hybridized carbons (Fsp3) is 0.529. The Morgan fingerprint density at radius 3 is 2.79 bits per heavy atom. The smallest absolute Gasteiger partial charge is 0.354 e. The quantitative estimate of drug-likeness (QED) is 0.841. The molecule has 2 aromatic rings. The van der Waals surface area contributed by atoms with Gasteiger partial charge in [-0.25, -0.2) is 4.79 Å². The van der Waals surface area contributed by atoms with Crippen molar-refractivity contribution >= 4 is 27.5 Å². The summed E-state index contributed by atoms with van der Waals surface area (Å²) in [4.78, 5) is 29.9. The average Bonchev–Trinajstić information content (AvgIpc) is 3.18. The summed E-state index contributed by atoms with van der Waals surface area (Å²) in [5.74, 6) is -1.04. The molecule has 1 spiro atoms. The van der Waals surface area contributed by atoms with E-state index in [0.29, 0.717) is 37.0 Å². The molecule has 0 amide bonds. The van der Waals surface area contributed by atoms with Crippen molar-refractivity contribution in [1.82, 2.24) is 4.98 Å². The minimum Gasteiger partial charge on any atom is -0.464 e. The molecule has 1 fully saturated rings. The first-order valence-electron chi connectivity index (χ1n) is 8.14. The molecule has 128 valence electrons. The number of nitrogens with one attached hydrogen (secondary N) is 1. The average molecular weight is 349 g/mol. The highest BCUT2D eigenvalue weighted by Crippen LogP contribution is 2.41. The first kappa shape index (κ1) is 15.8. The normalized spacial score (nSPS) is 18.9. The summed E-state index contributed by atoms with van der Waals surface area (Å²) in [6, 6.07) is 0. The van der Waals surface area contributed by atoms with Crippen LogP contribution in [-0.2, 0) is 33.5 Å². The van der Waals surface area contributed by atoms with Crippen LogP contribution in [0.5, 0.6) is 0 Å². The van der Waals surface area contributed by atoms with E-state index < -0.39 is 11.8 Å². The summed E-state index contributed by atoms with van der Waals surface area (Å²) < 4.78 is 16.4. The minimum absolute atomic E-state index is 0.0617. The number of methoxy groups -OCH3 is 1. The number of thiophene rings is 1. The number of hydrogen-bond acceptors (Lipinski definition) is 6.